The van der Waals surface area contributed by atoms with Crippen LogP contribution in [0.2, 0.25) is 10.0 Å². The number of hydrogen-bond acceptors (Lipinski definition) is 6. The van der Waals surface area contributed by atoms with Gasteiger partial charge in [-0.15, -0.1) is 0 Å². The summed E-state index contributed by atoms with van der Waals surface area (Å²) in [7, 11) is 0. The third-order valence-electron chi connectivity index (χ3n) is 4.60. The van der Waals surface area contributed by atoms with Crippen molar-refractivity contribution in [2.75, 3.05) is 6.61 Å². The Bertz CT molecular complexity index is 994. The maximum Gasteiger partial charge on any atom is 0.417 e. The highest BCUT2D eigenvalue weighted by Gasteiger charge is 2.27. The van der Waals surface area contributed by atoms with Crippen LogP contribution < -0.4 is 14.2 Å². The van der Waals surface area contributed by atoms with Crippen molar-refractivity contribution in [2.45, 2.75) is 32.0 Å². The number of esters is 1. The number of benzene rings is 1. The Labute approximate surface area is 190 Å². The molecule has 3 rings (SSSR count). The molecule has 1 N–H and O–H groups in total. The third kappa shape index (κ3) is 6.33. The van der Waals surface area contributed by atoms with Crippen molar-refractivity contribution in [3.05, 3.63) is 57.0 Å². The normalized spacial score (nSPS) is 14.2. The van der Waals surface area contributed by atoms with Crippen LogP contribution in [-0.4, -0.2) is 30.3 Å². The van der Waals surface area contributed by atoms with Gasteiger partial charge >= 0.3 is 18.6 Å². The Balaban J connectivity index is 1.96. The van der Waals surface area contributed by atoms with E-state index in [4.69, 9.17) is 37.8 Å². The van der Waals surface area contributed by atoms with Crippen molar-refractivity contribution >= 4 is 35.1 Å². The zero-order valence-electron chi connectivity index (χ0n) is 16.3. The van der Waals surface area contributed by atoms with Gasteiger partial charge in [0.2, 0.25) is 0 Å². The van der Waals surface area contributed by atoms with Crippen molar-refractivity contribution in [3.63, 3.8) is 0 Å². The summed E-state index contributed by atoms with van der Waals surface area (Å²) in [5.41, 5.74) is 0.440. The summed E-state index contributed by atoms with van der Waals surface area (Å²) >= 11 is 12.2. The molecule has 8 nitrogen and oxygen atoms in total. The van der Waals surface area contributed by atoms with Crippen LogP contribution >= 0.6 is 23.2 Å². The van der Waals surface area contributed by atoms with E-state index in [-0.39, 0.29) is 45.7 Å². The quantitative estimate of drug-likeness (QED) is 0.245. The van der Waals surface area contributed by atoms with Crippen LogP contribution in [0.1, 0.15) is 30.1 Å². The lowest BCUT2D eigenvalue weighted by molar-refractivity contribution is -0.605. The van der Waals surface area contributed by atoms with Crippen LogP contribution in [-0.2, 0) is 20.7 Å². The van der Waals surface area contributed by atoms with Crippen LogP contribution in [0.25, 0.3) is 0 Å². The van der Waals surface area contributed by atoms with E-state index in [9.17, 15) is 23.6 Å². The summed E-state index contributed by atoms with van der Waals surface area (Å²) in [6, 6.07) is 3.84. The van der Waals surface area contributed by atoms with E-state index in [1.54, 1.807) is 0 Å². The van der Waals surface area contributed by atoms with Crippen LogP contribution in [0.4, 0.5) is 8.78 Å². The second kappa shape index (κ2) is 10.2. The minimum atomic E-state index is -3.09. The number of ether oxygens (including phenoxy) is 3. The molecule has 1 aliphatic rings. The van der Waals surface area contributed by atoms with E-state index in [2.05, 4.69) is 4.74 Å². The third-order valence-corrected chi connectivity index (χ3v) is 5.25. The minimum absolute atomic E-state index is 0.0197. The molecule has 1 unspecified atom stereocenters. The number of hydrogen-bond donors (Lipinski definition) is 1. The topological polar surface area (TPSA) is 109 Å². The van der Waals surface area contributed by atoms with Gasteiger partial charge in [0.1, 0.15) is 16.1 Å². The SMILES string of the molecule is O=C(O)C(=O)OC(Cc1c(Cl)c[n+]([O-])cc1Cl)c1ccc(OC(F)F)c(OCC2CC2)c1. The molecule has 1 fully saturated rings. The molecular weight excluding hydrogens is 475 g/mol. The highest BCUT2D eigenvalue weighted by atomic mass is 35.5. The van der Waals surface area contributed by atoms with Crippen LogP contribution in [0, 0.1) is 11.1 Å². The first kappa shape index (κ1) is 23.8. The molecule has 2 aromatic rings. The van der Waals surface area contributed by atoms with Gasteiger partial charge in [-0.3, -0.25) is 0 Å². The Hall–Kier alpha value is -2.85. The number of nitrogens with zero attached hydrogens (tertiary/aromatic N) is 1. The molecular formula is C20H17Cl2F2NO7. The molecule has 1 aromatic heterocycles. The number of pyridine rings is 1. The fraction of sp³-hybridized carbons (Fsp3) is 0.350. The average Bonchev–Trinajstić information content (AvgIpc) is 3.52. The van der Waals surface area contributed by atoms with Gasteiger partial charge in [-0.2, -0.15) is 13.5 Å². The van der Waals surface area contributed by atoms with E-state index in [0.29, 0.717) is 10.6 Å². The van der Waals surface area contributed by atoms with E-state index >= 15 is 0 Å². The first-order chi connectivity index (χ1) is 15.1. The molecule has 0 bridgehead atoms. The number of aromatic nitrogens is 1. The van der Waals surface area contributed by atoms with E-state index in [1.165, 1.54) is 18.2 Å². The number of halogens is 4. The monoisotopic (exact) mass is 491 g/mol. The molecule has 1 aliphatic carbocycles. The highest BCUT2D eigenvalue weighted by molar-refractivity contribution is 6.35. The molecule has 172 valence electrons. The number of aliphatic carboxylic acids is 1. The number of carboxylic acid groups (broad SMARTS) is 1. The second-order valence-corrected chi connectivity index (χ2v) is 7.85. The Kier molecular flexibility index (Phi) is 7.57. The first-order valence-electron chi connectivity index (χ1n) is 9.36. The van der Waals surface area contributed by atoms with Crippen molar-refractivity contribution in [1.82, 2.24) is 0 Å². The van der Waals surface area contributed by atoms with E-state index < -0.39 is 24.7 Å². The van der Waals surface area contributed by atoms with E-state index in [1.807, 2.05) is 0 Å². The Morgan fingerprint density at radius 2 is 1.84 bits per heavy atom. The molecule has 0 amide bonds. The van der Waals surface area contributed by atoms with Crippen molar-refractivity contribution in [3.8, 4) is 11.5 Å². The predicted molar refractivity (Wildman–Crippen MR) is 107 cm³/mol. The number of carbonyl (C=O) groups excluding carboxylic acids is 1. The predicted octanol–water partition coefficient (Wildman–Crippen LogP) is 3.93. The second-order valence-electron chi connectivity index (χ2n) is 7.03. The van der Waals surface area contributed by atoms with Gasteiger partial charge in [-0.25, -0.2) is 9.59 Å². The molecule has 1 heterocycles. The summed E-state index contributed by atoms with van der Waals surface area (Å²) in [5, 5.41) is 20.4. The number of carbonyl (C=O) groups is 2. The zero-order valence-corrected chi connectivity index (χ0v) is 17.8. The lowest BCUT2D eigenvalue weighted by atomic mass is 10.0. The van der Waals surface area contributed by atoms with Crippen LogP contribution in [0.5, 0.6) is 11.5 Å². The number of carboxylic acids is 1. The molecule has 0 aliphatic heterocycles. The molecule has 1 aromatic carbocycles. The van der Waals surface area contributed by atoms with Crippen molar-refractivity contribution in [2.24, 2.45) is 5.92 Å². The van der Waals surface area contributed by atoms with Gasteiger partial charge in [0.15, 0.2) is 23.9 Å². The standard InChI is InChI=1S/C20H17Cl2F2NO7/c21-13-7-25(29)8-14(22)12(13)6-16(31-19(28)18(26)27)11-3-4-15(32-20(23)24)17(5-11)30-9-10-1-2-10/h3-5,7-8,10,16,20H,1-2,6,9H2,(H,26,27). The maximum atomic E-state index is 12.8. The van der Waals surface area contributed by atoms with Crippen LogP contribution in [0.3, 0.4) is 0 Å². The molecule has 0 saturated heterocycles. The van der Waals surface area contributed by atoms with Gasteiger partial charge in [-0.05, 0) is 36.5 Å². The number of alkyl halides is 2. The van der Waals surface area contributed by atoms with Crippen molar-refractivity contribution < 1.29 is 42.4 Å². The van der Waals surface area contributed by atoms with Gasteiger partial charge in [0.25, 0.3) is 0 Å². The van der Waals surface area contributed by atoms with Gasteiger partial charge in [0, 0.05) is 12.0 Å². The summed E-state index contributed by atoms with van der Waals surface area (Å²) in [4.78, 5) is 22.8. The van der Waals surface area contributed by atoms with Crippen LogP contribution in [0.15, 0.2) is 30.6 Å². The maximum absolute atomic E-state index is 12.8. The summed E-state index contributed by atoms with van der Waals surface area (Å²) in [5.74, 6) is -3.32. The Morgan fingerprint density at radius 3 is 2.41 bits per heavy atom. The minimum Gasteiger partial charge on any atom is -0.619 e. The molecule has 12 heteroatoms. The van der Waals surface area contributed by atoms with Gasteiger partial charge in [0.05, 0.1) is 6.61 Å². The number of rotatable bonds is 9. The van der Waals surface area contributed by atoms with E-state index in [0.717, 1.165) is 25.2 Å². The van der Waals surface area contributed by atoms with Gasteiger partial charge < -0.3 is 24.5 Å². The zero-order chi connectivity index (χ0) is 23.4. The van der Waals surface area contributed by atoms with Crippen molar-refractivity contribution in [1.29, 1.82) is 0 Å². The van der Waals surface area contributed by atoms with Gasteiger partial charge in [-0.1, -0.05) is 29.3 Å². The molecule has 0 radical (unpaired) electrons. The largest absolute Gasteiger partial charge is 0.619 e. The fourth-order valence-corrected chi connectivity index (χ4v) is 3.44. The fourth-order valence-electron chi connectivity index (χ4n) is 2.84. The summed E-state index contributed by atoms with van der Waals surface area (Å²) in [6.07, 6.45) is 2.53. The summed E-state index contributed by atoms with van der Waals surface area (Å²) < 4.78 is 41.1. The Morgan fingerprint density at radius 1 is 1.19 bits per heavy atom. The molecule has 1 atom stereocenters. The lowest BCUT2D eigenvalue weighted by Crippen LogP contribution is -2.26. The first-order valence-corrected chi connectivity index (χ1v) is 10.1. The molecule has 1 saturated carbocycles. The molecule has 32 heavy (non-hydrogen) atoms. The smallest absolute Gasteiger partial charge is 0.417 e. The highest BCUT2D eigenvalue weighted by Crippen LogP contribution is 2.37. The summed E-state index contributed by atoms with van der Waals surface area (Å²) in [6.45, 7) is -2.81. The molecule has 0 spiro atoms. The average molecular weight is 492 g/mol. The lowest BCUT2D eigenvalue weighted by Gasteiger charge is -2.20.